The van der Waals surface area contributed by atoms with Gasteiger partial charge in [0.05, 0.1) is 10.3 Å². The van der Waals surface area contributed by atoms with Crippen molar-refractivity contribution in [3.05, 3.63) is 84.2 Å². The first-order chi connectivity index (χ1) is 15.7. The zero-order valence-corrected chi connectivity index (χ0v) is 18.1. The fourth-order valence-electron chi connectivity index (χ4n) is 3.78. The van der Waals surface area contributed by atoms with Gasteiger partial charge in [0.2, 0.25) is 0 Å². The van der Waals surface area contributed by atoms with Crippen LogP contribution >= 0.6 is 11.3 Å². The van der Waals surface area contributed by atoms with Crippen molar-refractivity contribution in [3.63, 3.8) is 0 Å². The molecular formula is C25H21FN2O3S. The van der Waals surface area contributed by atoms with Gasteiger partial charge in [-0.2, -0.15) is 4.98 Å². The van der Waals surface area contributed by atoms with Gasteiger partial charge in [-0.25, -0.2) is 4.39 Å². The summed E-state index contributed by atoms with van der Waals surface area (Å²) in [6.07, 6.45) is 1.32. The van der Waals surface area contributed by atoms with Crippen LogP contribution in [0.5, 0.6) is 16.7 Å². The monoisotopic (exact) mass is 448 g/mol. The Bertz CT molecular complexity index is 1240. The zero-order valence-electron chi connectivity index (χ0n) is 17.2. The van der Waals surface area contributed by atoms with Gasteiger partial charge in [0.15, 0.2) is 0 Å². The van der Waals surface area contributed by atoms with Crippen LogP contribution in [0.4, 0.5) is 4.39 Å². The molecule has 0 N–H and O–H groups in total. The van der Waals surface area contributed by atoms with Crippen molar-refractivity contribution < 1.29 is 18.7 Å². The molecule has 1 aliphatic rings. The van der Waals surface area contributed by atoms with E-state index in [1.165, 1.54) is 17.4 Å². The molecular weight excluding hydrogens is 427 g/mol. The lowest BCUT2D eigenvalue weighted by Gasteiger charge is -2.32. The van der Waals surface area contributed by atoms with Crippen LogP contribution < -0.4 is 9.47 Å². The van der Waals surface area contributed by atoms with Gasteiger partial charge in [0.25, 0.3) is 11.1 Å². The molecule has 0 atom stereocenters. The Morgan fingerprint density at radius 2 is 1.72 bits per heavy atom. The number of para-hydroxylation sites is 3. The third kappa shape index (κ3) is 4.29. The number of nitrogens with zero attached hydrogens (tertiary/aromatic N) is 2. The molecule has 0 saturated carbocycles. The van der Waals surface area contributed by atoms with Crippen molar-refractivity contribution in [1.82, 2.24) is 9.88 Å². The van der Waals surface area contributed by atoms with Crippen LogP contribution in [0.15, 0.2) is 72.8 Å². The Morgan fingerprint density at radius 1 is 0.969 bits per heavy atom. The molecule has 2 heterocycles. The lowest BCUT2D eigenvalue weighted by Crippen LogP contribution is -2.41. The molecule has 4 aromatic rings. The number of piperidine rings is 1. The number of amides is 1. The average molecular weight is 449 g/mol. The van der Waals surface area contributed by atoms with Gasteiger partial charge < -0.3 is 14.4 Å². The molecule has 0 unspecified atom stereocenters. The molecule has 1 fully saturated rings. The number of carbonyl (C=O) groups excluding carboxylic acids is 1. The molecule has 0 spiro atoms. The lowest BCUT2D eigenvalue weighted by atomic mass is 10.1. The predicted molar refractivity (Wildman–Crippen MR) is 122 cm³/mol. The molecule has 1 amide bonds. The van der Waals surface area contributed by atoms with Crippen molar-refractivity contribution in [2.45, 2.75) is 18.9 Å². The van der Waals surface area contributed by atoms with E-state index in [-0.39, 0.29) is 17.8 Å². The van der Waals surface area contributed by atoms with Crippen LogP contribution in [0.2, 0.25) is 0 Å². The number of ether oxygens (including phenoxy) is 2. The molecule has 1 aliphatic heterocycles. The number of carbonyl (C=O) groups is 1. The molecule has 0 aliphatic carbocycles. The number of hydrogen-bond acceptors (Lipinski definition) is 5. The van der Waals surface area contributed by atoms with Gasteiger partial charge >= 0.3 is 0 Å². The molecule has 32 heavy (non-hydrogen) atoms. The second kappa shape index (κ2) is 8.96. The summed E-state index contributed by atoms with van der Waals surface area (Å²) in [7, 11) is 0. The fraction of sp³-hybridized carbons (Fsp3) is 0.200. The van der Waals surface area contributed by atoms with Crippen LogP contribution in [-0.4, -0.2) is 35.0 Å². The van der Waals surface area contributed by atoms with E-state index in [9.17, 15) is 9.18 Å². The summed E-state index contributed by atoms with van der Waals surface area (Å²) < 4.78 is 26.6. The van der Waals surface area contributed by atoms with E-state index in [0.717, 1.165) is 4.70 Å². The van der Waals surface area contributed by atoms with E-state index in [1.807, 2.05) is 59.5 Å². The van der Waals surface area contributed by atoms with Crippen molar-refractivity contribution in [1.29, 1.82) is 0 Å². The Balaban J connectivity index is 1.23. The Kier molecular flexibility index (Phi) is 5.73. The topological polar surface area (TPSA) is 51.7 Å². The summed E-state index contributed by atoms with van der Waals surface area (Å²) >= 11 is 1.34. The summed E-state index contributed by atoms with van der Waals surface area (Å²) in [6.45, 7) is 1.14. The standard InChI is InChI=1S/C25H21FN2O3S/c26-20-10-6-12-22-23(20)27-25(32-22)31-18-13-15-28(16-14-18)24(29)19-9-4-5-11-21(19)30-17-7-2-1-3-8-17/h1-12,18H,13-16H2. The second-order valence-electron chi connectivity index (χ2n) is 7.59. The Hall–Kier alpha value is -3.45. The molecule has 1 aromatic heterocycles. The van der Waals surface area contributed by atoms with Crippen LogP contribution in [0.1, 0.15) is 23.2 Å². The van der Waals surface area contributed by atoms with Crippen molar-refractivity contribution >= 4 is 27.5 Å². The maximum atomic E-state index is 13.9. The highest BCUT2D eigenvalue weighted by atomic mass is 32.1. The molecule has 3 aromatic carbocycles. The van der Waals surface area contributed by atoms with Gasteiger partial charge in [-0.3, -0.25) is 4.79 Å². The van der Waals surface area contributed by atoms with E-state index in [4.69, 9.17) is 9.47 Å². The van der Waals surface area contributed by atoms with Gasteiger partial charge in [0.1, 0.15) is 28.9 Å². The van der Waals surface area contributed by atoms with Gasteiger partial charge in [-0.1, -0.05) is 47.7 Å². The maximum absolute atomic E-state index is 13.9. The first-order valence-corrected chi connectivity index (χ1v) is 11.3. The summed E-state index contributed by atoms with van der Waals surface area (Å²) in [5.41, 5.74) is 0.882. The molecule has 7 heteroatoms. The molecule has 5 rings (SSSR count). The predicted octanol–water partition coefficient (Wildman–Crippen LogP) is 5.91. The number of fused-ring (bicyclic) bond motifs is 1. The fourth-order valence-corrected chi connectivity index (χ4v) is 4.68. The Labute approximate surface area is 189 Å². The van der Waals surface area contributed by atoms with E-state index >= 15 is 0 Å². The average Bonchev–Trinajstić information content (AvgIpc) is 3.24. The number of hydrogen-bond donors (Lipinski definition) is 0. The van der Waals surface area contributed by atoms with Gasteiger partial charge in [0, 0.05) is 25.9 Å². The highest BCUT2D eigenvalue weighted by Gasteiger charge is 2.27. The third-order valence-corrected chi connectivity index (χ3v) is 6.35. The number of halogens is 1. The molecule has 1 saturated heterocycles. The molecule has 162 valence electrons. The van der Waals surface area contributed by atoms with E-state index in [1.54, 1.807) is 12.1 Å². The minimum Gasteiger partial charge on any atom is -0.467 e. The number of aromatic nitrogens is 1. The van der Waals surface area contributed by atoms with Crippen molar-refractivity contribution in [3.8, 4) is 16.7 Å². The summed E-state index contributed by atoms with van der Waals surface area (Å²) in [5, 5.41) is 0.469. The minimum atomic E-state index is -0.342. The normalized spacial score (nSPS) is 14.5. The lowest BCUT2D eigenvalue weighted by molar-refractivity contribution is 0.0593. The van der Waals surface area contributed by atoms with Crippen molar-refractivity contribution in [2.24, 2.45) is 0 Å². The minimum absolute atomic E-state index is 0.0570. The number of benzene rings is 3. The van der Waals surface area contributed by atoms with E-state index in [2.05, 4.69) is 4.98 Å². The van der Waals surface area contributed by atoms with Crippen LogP contribution in [0.3, 0.4) is 0 Å². The highest BCUT2D eigenvalue weighted by Crippen LogP contribution is 2.32. The molecule has 0 radical (unpaired) electrons. The highest BCUT2D eigenvalue weighted by molar-refractivity contribution is 7.20. The Morgan fingerprint density at radius 3 is 2.50 bits per heavy atom. The second-order valence-corrected chi connectivity index (χ2v) is 8.58. The first kappa shape index (κ1) is 20.5. The maximum Gasteiger partial charge on any atom is 0.274 e. The molecule has 5 nitrogen and oxygen atoms in total. The number of thiazole rings is 1. The van der Waals surface area contributed by atoms with E-state index < -0.39 is 0 Å². The van der Waals surface area contributed by atoms with Gasteiger partial charge in [-0.05, 0) is 36.4 Å². The largest absolute Gasteiger partial charge is 0.467 e. The van der Waals surface area contributed by atoms with Crippen molar-refractivity contribution in [2.75, 3.05) is 13.1 Å². The quantitative estimate of drug-likeness (QED) is 0.381. The van der Waals surface area contributed by atoms with Crippen LogP contribution in [0.25, 0.3) is 10.2 Å². The van der Waals surface area contributed by atoms with E-state index in [0.29, 0.717) is 53.7 Å². The zero-order chi connectivity index (χ0) is 21.9. The molecule has 0 bridgehead atoms. The summed E-state index contributed by atoms with van der Waals surface area (Å²) in [4.78, 5) is 19.3. The van der Waals surface area contributed by atoms with Gasteiger partial charge in [-0.15, -0.1) is 0 Å². The number of rotatable bonds is 5. The summed E-state index contributed by atoms with van der Waals surface area (Å²) in [5.74, 6) is 0.827. The smallest absolute Gasteiger partial charge is 0.274 e. The SMILES string of the molecule is O=C(c1ccccc1Oc1ccccc1)N1CCC(Oc2nc3c(F)cccc3s2)CC1. The summed E-state index contributed by atoms with van der Waals surface area (Å²) in [6, 6.07) is 21.6. The number of likely N-dealkylation sites (tertiary alicyclic amines) is 1. The third-order valence-electron chi connectivity index (χ3n) is 5.44. The van der Waals surface area contributed by atoms with Crippen LogP contribution in [-0.2, 0) is 0 Å². The first-order valence-electron chi connectivity index (χ1n) is 10.5. The van der Waals surface area contributed by atoms with Crippen LogP contribution in [0, 0.1) is 5.82 Å².